The molecule has 0 radical (unpaired) electrons. The minimum absolute atomic E-state index is 0.0112. The Hall–Kier alpha value is -2.31. The maximum absolute atomic E-state index is 14.2. The molecule has 4 saturated carbocycles. The van der Waals surface area contributed by atoms with Gasteiger partial charge in [0.1, 0.15) is 24.4 Å². The first-order valence-corrected chi connectivity index (χ1v) is 19.4. The van der Waals surface area contributed by atoms with E-state index >= 15 is 0 Å². The Morgan fingerprint density at radius 3 is 2.37 bits per heavy atom. The summed E-state index contributed by atoms with van der Waals surface area (Å²) in [5.41, 5.74) is 0.582. The van der Waals surface area contributed by atoms with Gasteiger partial charge in [-0.05, 0) is 117 Å². The van der Waals surface area contributed by atoms with Gasteiger partial charge >= 0.3 is 11.9 Å². The van der Waals surface area contributed by atoms with E-state index in [1.165, 1.54) is 5.57 Å². The van der Waals surface area contributed by atoms with Gasteiger partial charge < -0.3 is 34.6 Å². The number of allylic oxidation sites excluding steroid dienone is 2. The summed E-state index contributed by atoms with van der Waals surface area (Å²) in [7, 11) is 0. The average molecular weight is 711 g/mol. The Morgan fingerprint density at radius 1 is 0.922 bits per heavy atom. The molecule has 4 N–H and O–H groups in total. The van der Waals surface area contributed by atoms with Crippen LogP contribution >= 0.6 is 0 Å². The number of aliphatic hydroxyl groups excluding tert-OH is 3. The molecule has 2 aliphatic heterocycles. The topological polar surface area (TPSA) is 161 Å². The van der Waals surface area contributed by atoms with Crippen molar-refractivity contribution in [2.24, 2.45) is 50.7 Å². The first-order chi connectivity index (χ1) is 23.9. The highest BCUT2D eigenvalue weighted by Gasteiger charge is 2.73. The van der Waals surface area contributed by atoms with Gasteiger partial charge in [0.25, 0.3) is 0 Å². The van der Waals surface area contributed by atoms with Crippen LogP contribution in [0.25, 0.3) is 0 Å². The zero-order valence-electron chi connectivity index (χ0n) is 31.1. The maximum Gasteiger partial charge on any atom is 0.335 e. The highest BCUT2D eigenvalue weighted by atomic mass is 16.6. The van der Waals surface area contributed by atoms with Crippen molar-refractivity contribution in [3.63, 3.8) is 0 Å². The Balaban J connectivity index is 1.07. The lowest BCUT2D eigenvalue weighted by Crippen LogP contribution is -2.76. The van der Waals surface area contributed by atoms with Gasteiger partial charge in [-0.3, -0.25) is 4.79 Å². The van der Waals surface area contributed by atoms with Crippen molar-refractivity contribution in [1.82, 2.24) is 9.78 Å². The normalized spacial score (nSPS) is 51.3. The lowest BCUT2D eigenvalue weighted by Gasteiger charge is -2.74. The SMILES string of the molecule is CC1(C)CC[C@]2(C(=O)OCn3cccn3)CC[C@]3(C)C(=CCC4[C@@]5(C)CC[C@@H]6[C@H]([C@@H]7OC(C(=O)O)[C@@H](O)C(O)C7O)O[C@@]6(C)C5CC[C@]43C)C2C1. The third-order valence-corrected chi connectivity index (χ3v) is 16.6. The molecule has 8 rings (SSSR count). The highest BCUT2D eigenvalue weighted by Crippen LogP contribution is 2.76. The van der Waals surface area contributed by atoms with Crippen LogP contribution in [0.1, 0.15) is 106 Å². The summed E-state index contributed by atoms with van der Waals surface area (Å²) >= 11 is 0. The summed E-state index contributed by atoms with van der Waals surface area (Å²) in [5.74, 6) is -0.590. The number of carboxylic acid groups (broad SMARTS) is 1. The van der Waals surface area contributed by atoms with E-state index < -0.39 is 53.6 Å². The third kappa shape index (κ3) is 4.82. The molecule has 1 aromatic rings. The maximum atomic E-state index is 14.2. The van der Waals surface area contributed by atoms with Crippen molar-refractivity contribution in [3.8, 4) is 0 Å². The van der Waals surface area contributed by atoms with E-state index in [4.69, 9.17) is 14.2 Å². The van der Waals surface area contributed by atoms with Gasteiger partial charge in [0.05, 0.1) is 17.1 Å². The fourth-order valence-corrected chi connectivity index (χ4v) is 13.6. The molecule has 0 aromatic carbocycles. The molecule has 7 aliphatic rings. The van der Waals surface area contributed by atoms with Gasteiger partial charge in [-0.1, -0.05) is 46.3 Å². The number of carbonyl (C=O) groups is 2. The zero-order chi connectivity index (χ0) is 36.5. The van der Waals surface area contributed by atoms with Gasteiger partial charge in [-0.2, -0.15) is 5.10 Å². The van der Waals surface area contributed by atoms with Crippen LogP contribution < -0.4 is 0 Å². The molecule has 5 aliphatic carbocycles. The number of hydrogen-bond acceptors (Lipinski definition) is 9. The van der Waals surface area contributed by atoms with Crippen LogP contribution in [0.5, 0.6) is 0 Å². The predicted molar refractivity (Wildman–Crippen MR) is 185 cm³/mol. The molecule has 6 unspecified atom stereocenters. The highest BCUT2D eigenvalue weighted by molar-refractivity contribution is 5.78. The summed E-state index contributed by atoms with van der Waals surface area (Å²) < 4.78 is 20.3. The fraction of sp³-hybridized carbons (Fsp3) is 0.825. The predicted octanol–water partition coefficient (Wildman–Crippen LogP) is 4.87. The van der Waals surface area contributed by atoms with E-state index in [0.29, 0.717) is 5.92 Å². The van der Waals surface area contributed by atoms with E-state index in [-0.39, 0.29) is 52.1 Å². The van der Waals surface area contributed by atoms with Crippen LogP contribution in [0, 0.1) is 50.7 Å². The third-order valence-electron chi connectivity index (χ3n) is 16.6. The van der Waals surface area contributed by atoms with E-state index in [9.17, 15) is 30.0 Å². The van der Waals surface area contributed by atoms with Crippen LogP contribution in [0.2, 0.25) is 0 Å². The number of aliphatic carboxylic acids is 1. The van der Waals surface area contributed by atoms with Crippen molar-refractivity contribution in [3.05, 3.63) is 30.1 Å². The summed E-state index contributed by atoms with van der Waals surface area (Å²) in [6.45, 7) is 14.5. The number of carboxylic acids is 1. The van der Waals surface area contributed by atoms with E-state index in [1.807, 2.05) is 12.3 Å². The smallest absolute Gasteiger partial charge is 0.335 e. The molecule has 282 valence electrons. The van der Waals surface area contributed by atoms with Gasteiger partial charge in [0.15, 0.2) is 12.8 Å². The van der Waals surface area contributed by atoms with E-state index in [2.05, 4.69) is 52.7 Å². The lowest BCUT2D eigenvalue weighted by atomic mass is 9.33. The summed E-state index contributed by atoms with van der Waals surface area (Å²) in [6, 6.07) is 1.84. The molecule has 15 atom stereocenters. The summed E-state index contributed by atoms with van der Waals surface area (Å²) in [4.78, 5) is 26.1. The van der Waals surface area contributed by atoms with Crippen molar-refractivity contribution in [2.45, 2.75) is 155 Å². The van der Waals surface area contributed by atoms with Gasteiger partial charge in [0, 0.05) is 18.3 Å². The van der Waals surface area contributed by atoms with Crippen LogP contribution in [0.3, 0.4) is 0 Å². The molecule has 11 heteroatoms. The summed E-state index contributed by atoms with van der Waals surface area (Å²) in [5, 5.41) is 45.7. The van der Waals surface area contributed by atoms with Gasteiger partial charge in [-0.15, -0.1) is 0 Å². The number of nitrogens with zero attached hydrogens (tertiary/aromatic N) is 2. The Kier molecular flexibility index (Phi) is 8.12. The van der Waals surface area contributed by atoms with Crippen molar-refractivity contribution >= 4 is 11.9 Å². The standard InChI is InChI=1S/C40H58N2O9/c1-35(2)14-16-40(34(48)49-21-42-19-7-18-41-42)17-15-37(4)22(24(40)20-35)8-9-25-36(3)12-10-23-30(51-39(23,6)26(36)11-13-38(25,37)5)31-28(44)27(43)29(45)32(50-31)33(46)47/h7-8,18-19,23-32,43-45H,9-17,20-21H2,1-6H3,(H,46,47)/t23-,24?,25?,26?,27?,28?,29+,30-,31-,32?,36-,37-,38-,39-,40+/m1/s1. The molecule has 6 fully saturated rings. The second-order valence-electron chi connectivity index (χ2n) is 19.2. The van der Waals surface area contributed by atoms with Crippen LogP contribution in [0.4, 0.5) is 0 Å². The molecule has 0 amide bonds. The second kappa shape index (κ2) is 11.6. The first-order valence-electron chi connectivity index (χ1n) is 19.4. The number of hydrogen-bond donors (Lipinski definition) is 4. The molecular weight excluding hydrogens is 652 g/mol. The number of ether oxygens (including phenoxy) is 3. The molecule has 51 heavy (non-hydrogen) atoms. The molecule has 1 aromatic heterocycles. The van der Waals surface area contributed by atoms with Crippen molar-refractivity contribution < 1.29 is 44.2 Å². The monoisotopic (exact) mass is 710 g/mol. The van der Waals surface area contributed by atoms with Crippen LogP contribution in [-0.4, -0.2) is 84.4 Å². The first kappa shape index (κ1) is 35.7. The molecule has 3 heterocycles. The molecule has 2 saturated heterocycles. The number of esters is 1. The minimum Gasteiger partial charge on any atom is -0.479 e. The number of fused-ring (bicyclic) bond motifs is 9. The zero-order valence-corrected chi connectivity index (χ0v) is 31.1. The number of carbonyl (C=O) groups excluding carboxylic acids is 1. The number of aromatic nitrogens is 2. The van der Waals surface area contributed by atoms with Crippen LogP contribution in [-0.2, 0) is 30.5 Å². The van der Waals surface area contributed by atoms with Gasteiger partial charge in [0.2, 0.25) is 0 Å². The lowest BCUT2D eigenvalue weighted by molar-refractivity contribution is -0.372. The summed E-state index contributed by atoms with van der Waals surface area (Å²) in [6.07, 6.45) is 7.50. The molecule has 0 bridgehead atoms. The van der Waals surface area contributed by atoms with Crippen LogP contribution in [0.15, 0.2) is 30.1 Å². The second-order valence-corrected chi connectivity index (χ2v) is 19.2. The fourth-order valence-electron chi connectivity index (χ4n) is 13.6. The van der Waals surface area contributed by atoms with E-state index in [1.54, 1.807) is 10.9 Å². The van der Waals surface area contributed by atoms with Crippen molar-refractivity contribution in [1.29, 1.82) is 0 Å². The quantitative estimate of drug-likeness (QED) is 0.245. The number of aliphatic hydroxyl groups is 3. The molecular formula is C40H58N2O9. The largest absolute Gasteiger partial charge is 0.479 e. The van der Waals surface area contributed by atoms with E-state index in [0.717, 1.165) is 64.2 Å². The van der Waals surface area contributed by atoms with Gasteiger partial charge in [-0.25, -0.2) is 9.48 Å². The number of rotatable bonds is 5. The minimum atomic E-state index is -1.71. The Labute approximate surface area is 301 Å². The molecule has 0 spiro atoms. The Morgan fingerprint density at radius 2 is 1.67 bits per heavy atom. The van der Waals surface area contributed by atoms with Crippen molar-refractivity contribution in [2.75, 3.05) is 0 Å². The Bertz CT molecular complexity index is 1600. The average Bonchev–Trinajstić information content (AvgIpc) is 3.59. The molecule has 11 nitrogen and oxygen atoms in total.